The molecule has 1 amide bonds. The summed E-state index contributed by atoms with van der Waals surface area (Å²) in [6.07, 6.45) is 2.72. The van der Waals surface area contributed by atoms with Crippen LogP contribution in [0.1, 0.15) is 0 Å². The van der Waals surface area contributed by atoms with Crippen molar-refractivity contribution in [3.05, 3.63) is 11.9 Å². The lowest BCUT2D eigenvalue weighted by molar-refractivity contribution is -0.112. The van der Waals surface area contributed by atoms with E-state index in [1.807, 2.05) is 0 Å². The molecule has 2 aliphatic heterocycles. The van der Waals surface area contributed by atoms with Crippen LogP contribution in [-0.4, -0.2) is 18.0 Å². The van der Waals surface area contributed by atoms with Gasteiger partial charge in [0, 0.05) is 0 Å². The van der Waals surface area contributed by atoms with Gasteiger partial charge >= 0.3 is 5.91 Å². The molecule has 0 radical (unpaired) electrons. The zero-order valence-corrected chi connectivity index (χ0v) is 6.97. The monoisotopic (exact) mass is 214 g/mol. The third kappa shape index (κ3) is 1.16. The maximum Gasteiger partial charge on any atom is 0.316 e. The van der Waals surface area contributed by atoms with Gasteiger partial charge < -0.3 is 0 Å². The minimum absolute atomic E-state index is 0. The molecule has 5 nitrogen and oxygen atoms in total. The summed E-state index contributed by atoms with van der Waals surface area (Å²) in [7, 11) is 0. The summed E-state index contributed by atoms with van der Waals surface area (Å²) in [6.45, 7) is 0. The zero-order chi connectivity index (χ0) is 6.97. The van der Waals surface area contributed by atoms with Crippen LogP contribution in [0.15, 0.2) is 32.1 Å². The van der Waals surface area contributed by atoms with E-state index in [4.69, 9.17) is 0 Å². The van der Waals surface area contributed by atoms with Gasteiger partial charge in [-0.25, -0.2) is 9.98 Å². The highest BCUT2D eigenvalue weighted by Gasteiger charge is 2.21. The molecule has 0 atom stereocenters. The van der Waals surface area contributed by atoms with Crippen molar-refractivity contribution < 1.29 is 4.79 Å². The Bertz CT molecular complexity index is 308. The summed E-state index contributed by atoms with van der Waals surface area (Å²) in [5.74, 6) is -0.421. The van der Waals surface area contributed by atoms with Crippen LogP contribution < -0.4 is 0 Å². The molecule has 0 aromatic carbocycles. The molecular formula is C5H3BrN4O. The van der Waals surface area contributed by atoms with E-state index in [0.717, 1.165) is 0 Å². The van der Waals surface area contributed by atoms with E-state index < -0.39 is 5.91 Å². The Kier molecular flexibility index (Phi) is 2.04. The van der Waals surface area contributed by atoms with E-state index in [2.05, 4.69) is 20.2 Å². The third-order valence-electron chi connectivity index (χ3n) is 1.16. The van der Waals surface area contributed by atoms with Crippen molar-refractivity contribution >= 4 is 34.9 Å². The highest BCUT2D eigenvalue weighted by molar-refractivity contribution is 8.93. The first kappa shape index (κ1) is 7.93. The lowest BCUT2D eigenvalue weighted by Gasteiger charge is -1.96. The molecule has 2 aliphatic rings. The lowest BCUT2D eigenvalue weighted by atomic mass is 10.3. The molecule has 2 rings (SSSR count). The molecular weight excluding hydrogens is 212 g/mol. The maximum absolute atomic E-state index is 10.8. The number of azo groups is 1. The summed E-state index contributed by atoms with van der Waals surface area (Å²) in [5.41, 5.74) is 0.787. The number of carbonyl (C=O) groups is 1. The Morgan fingerprint density at radius 3 is 2.91 bits per heavy atom. The largest absolute Gasteiger partial charge is 0.316 e. The number of halogens is 1. The minimum atomic E-state index is -0.421. The Balaban J connectivity index is 0.000000605. The summed E-state index contributed by atoms with van der Waals surface area (Å²) in [4.78, 5) is 18.2. The Morgan fingerprint density at radius 2 is 2.18 bits per heavy atom. The molecule has 2 heterocycles. The number of hydrogen-bond donors (Lipinski definition) is 0. The second-order valence-corrected chi connectivity index (χ2v) is 1.76. The fourth-order valence-electron chi connectivity index (χ4n) is 0.719. The number of aliphatic imine (C=N–C) groups is 2. The summed E-state index contributed by atoms with van der Waals surface area (Å²) in [6, 6.07) is 0. The van der Waals surface area contributed by atoms with Crippen molar-refractivity contribution in [2.24, 2.45) is 20.2 Å². The average Bonchev–Trinajstić information content (AvgIpc) is 2.36. The molecule has 0 N–H and O–H groups in total. The first-order valence-corrected chi connectivity index (χ1v) is 2.64. The van der Waals surface area contributed by atoms with E-state index >= 15 is 0 Å². The van der Waals surface area contributed by atoms with Crippen molar-refractivity contribution in [2.45, 2.75) is 0 Å². The first-order chi connectivity index (χ1) is 4.88. The van der Waals surface area contributed by atoms with Gasteiger partial charge in [-0.15, -0.1) is 22.1 Å². The predicted molar refractivity (Wildman–Crippen MR) is 44.2 cm³/mol. The number of rotatable bonds is 0. The Labute approximate surface area is 72.4 Å². The van der Waals surface area contributed by atoms with Crippen molar-refractivity contribution in [3.8, 4) is 0 Å². The predicted octanol–water partition coefficient (Wildman–Crippen LogP) is 0.881. The van der Waals surface area contributed by atoms with E-state index in [1.54, 1.807) is 0 Å². The average molecular weight is 215 g/mol. The van der Waals surface area contributed by atoms with E-state index in [1.165, 1.54) is 12.5 Å². The second-order valence-electron chi connectivity index (χ2n) is 1.76. The van der Waals surface area contributed by atoms with Crippen molar-refractivity contribution in [1.29, 1.82) is 0 Å². The first-order valence-electron chi connectivity index (χ1n) is 2.64. The third-order valence-corrected chi connectivity index (χ3v) is 1.16. The molecule has 0 aromatic heterocycles. The van der Waals surface area contributed by atoms with Gasteiger partial charge in [-0.05, 0) is 0 Å². The molecule has 11 heavy (non-hydrogen) atoms. The highest BCUT2D eigenvalue weighted by atomic mass is 79.9. The molecule has 0 saturated carbocycles. The van der Waals surface area contributed by atoms with E-state index in [0.29, 0.717) is 5.70 Å². The second kappa shape index (κ2) is 2.83. The standard InChI is InChI=1S/C5H2N4O.BrH/c10-5-4-3(1-8-9-5)6-2-7-4;/h1-2H;1H. The smallest absolute Gasteiger partial charge is 0.263 e. The molecule has 0 aromatic rings. The van der Waals surface area contributed by atoms with Crippen LogP contribution in [0, 0.1) is 0 Å². The topological polar surface area (TPSA) is 66.5 Å². The van der Waals surface area contributed by atoms with E-state index in [9.17, 15) is 4.79 Å². The molecule has 56 valence electrons. The molecule has 0 saturated heterocycles. The molecule has 0 aliphatic carbocycles. The normalized spacial score (nSPS) is 18.7. The lowest BCUT2D eigenvalue weighted by Crippen LogP contribution is -2.12. The van der Waals surface area contributed by atoms with Crippen molar-refractivity contribution in [1.82, 2.24) is 0 Å². The zero-order valence-electron chi connectivity index (χ0n) is 5.26. The van der Waals surface area contributed by atoms with Gasteiger partial charge in [0.1, 0.15) is 12.0 Å². The summed E-state index contributed by atoms with van der Waals surface area (Å²) in [5, 5.41) is 6.69. The molecule has 0 unspecified atom stereocenters. The van der Waals surface area contributed by atoms with Gasteiger partial charge in [-0.3, -0.25) is 4.79 Å². The van der Waals surface area contributed by atoms with Crippen LogP contribution in [0.3, 0.4) is 0 Å². The van der Waals surface area contributed by atoms with Gasteiger partial charge in [0.05, 0.1) is 6.20 Å². The van der Waals surface area contributed by atoms with Crippen LogP contribution in [0.25, 0.3) is 0 Å². The van der Waals surface area contributed by atoms with Crippen LogP contribution >= 0.6 is 17.0 Å². The van der Waals surface area contributed by atoms with Crippen LogP contribution in [0.5, 0.6) is 0 Å². The molecule has 6 heteroatoms. The summed E-state index contributed by atoms with van der Waals surface area (Å²) < 4.78 is 0. The molecule has 0 bridgehead atoms. The minimum Gasteiger partial charge on any atom is -0.263 e. The van der Waals surface area contributed by atoms with Gasteiger partial charge in [-0.2, -0.15) is 5.11 Å². The number of carbonyl (C=O) groups excluding carboxylic acids is 1. The van der Waals surface area contributed by atoms with Gasteiger partial charge in [0.2, 0.25) is 0 Å². The van der Waals surface area contributed by atoms with Crippen LogP contribution in [-0.2, 0) is 4.79 Å². The highest BCUT2D eigenvalue weighted by Crippen LogP contribution is 2.11. The van der Waals surface area contributed by atoms with Crippen molar-refractivity contribution in [2.75, 3.05) is 0 Å². The SMILES string of the molecule is Br.O=C1N=NC=C2N=CN=C12. The number of fused-ring (bicyclic) bond motifs is 1. The molecule has 0 fully saturated rings. The maximum atomic E-state index is 10.8. The van der Waals surface area contributed by atoms with Crippen molar-refractivity contribution in [3.63, 3.8) is 0 Å². The number of hydrogen-bond acceptors (Lipinski definition) is 4. The van der Waals surface area contributed by atoms with Gasteiger partial charge in [0.15, 0.2) is 5.71 Å². The molecule has 0 spiro atoms. The Morgan fingerprint density at radius 1 is 1.36 bits per heavy atom. The van der Waals surface area contributed by atoms with Gasteiger partial charge in [-0.1, -0.05) is 0 Å². The Hall–Kier alpha value is -1.17. The fraction of sp³-hybridized carbons (Fsp3) is 0. The quantitative estimate of drug-likeness (QED) is 0.591. The van der Waals surface area contributed by atoms with E-state index in [-0.39, 0.29) is 22.7 Å². The van der Waals surface area contributed by atoms with Crippen LogP contribution in [0.2, 0.25) is 0 Å². The van der Waals surface area contributed by atoms with Crippen LogP contribution in [0.4, 0.5) is 0 Å². The summed E-state index contributed by atoms with van der Waals surface area (Å²) >= 11 is 0. The van der Waals surface area contributed by atoms with Gasteiger partial charge in [0.25, 0.3) is 0 Å². The number of amides is 1. The number of nitrogens with zero attached hydrogens (tertiary/aromatic N) is 4. The fourth-order valence-corrected chi connectivity index (χ4v) is 0.719.